The second kappa shape index (κ2) is 8.72. The van der Waals surface area contributed by atoms with Crippen molar-refractivity contribution in [2.75, 3.05) is 11.1 Å². The molecule has 3 aromatic rings. The molecule has 140 valence electrons. The maximum absolute atomic E-state index is 12.2. The quantitative estimate of drug-likeness (QED) is 0.507. The average Bonchev–Trinajstić information content (AvgIpc) is 3.03. The first-order valence-electron chi connectivity index (χ1n) is 8.95. The number of rotatable bonds is 6. The van der Waals surface area contributed by atoms with Gasteiger partial charge >= 0.3 is 0 Å². The molecule has 0 unspecified atom stereocenters. The summed E-state index contributed by atoms with van der Waals surface area (Å²) in [5, 5.41) is 5.61. The van der Waals surface area contributed by atoms with Gasteiger partial charge in [-0.1, -0.05) is 35.4 Å². The lowest BCUT2D eigenvalue weighted by molar-refractivity contribution is -0.115. The molecule has 0 fully saturated rings. The molecule has 1 aromatic heterocycles. The van der Waals surface area contributed by atoms with Crippen molar-refractivity contribution in [3.8, 4) is 11.3 Å². The second-order valence-electron chi connectivity index (χ2n) is 6.77. The van der Waals surface area contributed by atoms with E-state index in [0.717, 1.165) is 17.0 Å². The van der Waals surface area contributed by atoms with Crippen LogP contribution in [0.15, 0.2) is 46.7 Å². The van der Waals surface area contributed by atoms with Crippen LogP contribution >= 0.6 is 23.1 Å². The summed E-state index contributed by atoms with van der Waals surface area (Å²) in [6.07, 6.45) is 0.468. The van der Waals surface area contributed by atoms with Gasteiger partial charge in [0.2, 0.25) is 5.91 Å². The van der Waals surface area contributed by atoms with Crippen LogP contribution in [-0.4, -0.2) is 16.6 Å². The number of hydrogen-bond acceptors (Lipinski definition) is 4. The van der Waals surface area contributed by atoms with Gasteiger partial charge in [0.1, 0.15) is 0 Å². The van der Waals surface area contributed by atoms with Crippen molar-refractivity contribution in [1.82, 2.24) is 4.98 Å². The molecular formula is C22H24N2OS2. The van der Waals surface area contributed by atoms with Crippen LogP contribution in [0.4, 0.5) is 5.13 Å². The molecule has 0 saturated carbocycles. The fourth-order valence-corrected chi connectivity index (χ4v) is 4.68. The second-order valence-corrected chi connectivity index (χ2v) is 8.80. The molecule has 0 aliphatic rings. The number of thioether (sulfide) groups is 1. The predicted octanol–water partition coefficient (Wildman–Crippen LogP) is 6.16. The minimum absolute atomic E-state index is 0.00728. The van der Waals surface area contributed by atoms with E-state index < -0.39 is 0 Å². The Morgan fingerprint density at radius 3 is 2.37 bits per heavy atom. The van der Waals surface area contributed by atoms with Gasteiger partial charge in [-0.05, 0) is 51.0 Å². The molecule has 1 amide bonds. The third-order valence-electron chi connectivity index (χ3n) is 4.30. The number of carbonyl (C=O) groups excluding carboxylic acids is 1. The topological polar surface area (TPSA) is 42.0 Å². The molecule has 0 radical (unpaired) electrons. The number of aryl methyl sites for hydroxylation is 4. The van der Waals surface area contributed by atoms with Gasteiger partial charge in [0.15, 0.2) is 5.13 Å². The van der Waals surface area contributed by atoms with Crippen molar-refractivity contribution in [1.29, 1.82) is 0 Å². The molecule has 0 saturated heterocycles. The van der Waals surface area contributed by atoms with Gasteiger partial charge in [-0.2, -0.15) is 0 Å². The van der Waals surface area contributed by atoms with E-state index in [4.69, 9.17) is 0 Å². The highest BCUT2D eigenvalue weighted by atomic mass is 32.2. The van der Waals surface area contributed by atoms with Gasteiger partial charge in [0.25, 0.3) is 0 Å². The Morgan fingerprint density at radius 2 is 1.70 bits per heavy atom. The van der Waals surface area contributed by atoms with Crippen molar-refractivity contribution in [3.05, 3.63) is 64.0 Å². The van der Waals surface area contributed by atoms with Crippen LogP contribution in [0.3, 0.4) is 0 Å². The molecular weight excluding hydrogens is 372 g/mol. The monoisotopic (exact) mass is 396 g/mol. The molecule has 0 aliphatic heterocycles. The van der Waals surface area contributed by atoms with Crippen LogP contribution in [0.5, 0.6) is 0 Å². The van der Waals surface area contributed by atoms with Crippen LogP contribution < -0.4 is 5.32 Å². The first kappa shape index (κ1) is 19.6. The Bertz CT molecular complexity index is 922. The zero-order valence-corrected chi connectivity index (χ0v) is 17.8. The highest BCUT2D eigenvalue weighted by Gasteiger charge is 2.12. The largest absolute Gasteiger partial charge is 0.302 e. The Balaban J connectivity index is 1.57. The number of amides is 1. The maximum Gasteiger partial charge on any atom is 0.226 e. The number of nitrogens with zero attached hydrogens (tertiary/aromatic N) is 1. The molecule has 27 heavy (non-hydrogen) atoms. The zero-order chi connectivity index (χ0) is 19.4. The van der Waals surface area contributed by atoms with Gasteiger partial charge in [-0.25, -0.2) is 4.98 Å². The Hall–Kier alpha value is -2.11. The van der Waals surface area contributed by atoms with Crippen molar-refractivity contribution in [3.63, 3.8) is 0 Å². The van der Waals surface area contributed by atoms with Gasteiger partial charge in [-0.15, -0.1) is 23.1 Å². The number of benzene rings is 2. The summed E-state index contributed by atoms with van der Waals surface area (Å²) in [6, 6.07) is 12.7. The van der Waals surface area contributed by atoms with Crippen LogP contribution in [-0.2, 0) is 4.79 Å². The maximum atomic E-state index is 12.2. The number of hydrogen-bond donors (Lipinski definition) is 1. The van der Waals surface area contributed by atoms with Crippen molar-refractivity contribution in [2.45, 2.75) is 39.0 Å². The Morgan fingerprint density at radius 1 is 1.04 bits per heavy atom. The zero-order valence-electron chi connectivity index (χ0n) is 16.1. The molecule has 1 heterocycles. The highest BCUT2D eigenvalue weighted by molar-refractivity contribution is 7.99. The molecule has 3 rings (SSSR count). The first-order chi connectivity index (χ1) is 12.9. The van der Waals surface area contributed by atoms with Gasteiger partial charge in [0.05, 0.1) is 5.69 Å². The van der Waals surface area contributed by atoms with Crippen LogP contribution in [0.25, 0.3) is 11.3 Å². The normalized spacial score (nSPS) is 10.8. The molecule has 2 aromatic carbocycles. The van der Waals surface area contributed by atoms with Crippen LogP contribution in [0.1, 0.15) is 28.7 Å². The summed E-state index contributed by atoms with van der Waals surface area (Å²) in [5.74, 6) is 0.761. The van der Waals surface area contributed by atoms with E-state index in [2.05, 4.69) is 74.4 Å². The molecule has 0 spiro atoms. The van der Waals surface area contributed by atoms with E-state index in [1.54, 1.807) is 11.8 Å². The fraction of sp³-hybridized carbons (Fsp3) is 0.273. The minimum atomic E-state index is 0.00728. The lowest BCUT2D eigenvalue weighted by Gasteiger charge is -2.08. The third-order valence-corrected chi connectivity index (χ3v) is 6.07. The smallest absolute Gasteiger partial charge is 0.226 e. The highest BCUT2D eigenvalue weighted by Crippen LogP contribution is 2.31. The summed E-state index contributed by atoms with van der Waals surface area (Å²) >= 11 is 3.17. The van der Waals surface area contributed by atoms with E-state index in [1.165, 1.54) is 38.5 Å². The van der Waals surface area contributed by atoms with E-state index in [-0.39, 0.29) is 5.91 Å². The van der Waals surface area contributed by atoms with Crippen molar-refractivity contribution < 1.29 is 4.79 Å². The lowest BCUT2D eigenvalue weighted by atomic mass is 9.98. The predicted molar refractivity (Wildman–Crippen MR) is 117 cm³/mol. The first-order valence-corrected chi connectivity index (χ1v) is 10.8. The van der Waals surface area contributed by atoms with Crippen LogP contribution in [0.2, 0.25) is 0 Å². The SMILES string of the molecule is Cc1ccc(SCCC(=O)Nc2nc(-c3c(C)cc(C)cc3C)cs2)cc1. The van der Waals surface area contributed by atoms with E-state index in [9.17, 15) is 4.79 Å². The molecule has 0 bridgehead atoms. The summed E-state index contributed by atoms with van der Waals surface area (Å²) < 4.78 is 0. The summed E-state index contributed by atoms with van der Waals surface area (Å²) in [5.41, 5.74) is 7.02. The van der Waals surface area contributed by atoms with Crippen LogP contribution in [0, 0.1) is 27.7 Å². The van der Waals surface area contributed by atoms with Gasteiger partial charge in [0, 0.05) is 28.0 Å². The Labute approximate surface area is 169 Å². The van der Waals surface area contributed by atoms with E-state index in [0.29, 0.717) is 11.6 Å². The third kappa shape index (κ3) is 5.21. The number of thiazole rings is 1. The molecule has 0 atom stereocenters. The Kier molecular flexibility index (Phi) is 6.34. The standard InChI is InChI=1S/C22H24N2OS2/c1-14-5-7-18(8-6-14)26-10-9-20(25)24-22-23-19(13-27-22)21-16(3)11-15(2)12-17(21)4/h5-8,11-13H,9-10H2,1-4H3,(H,23,24,25). The van der Waals surface area contributed by atoms with E-state index >= 15 is 0 Å². The molecule has 5 heteroatoms. The van der Waals surface area contributed by atoms with Gasteiger partial charge in [-0.3, -0.25) is 4.79 Å². The number of carbonyl (C=O) groups is 1. The number of nitrogens with one attached hydrogen (secondary N) is 1. The fourth-order valence-electron chi connectivity index (χ4n) is 3.11. The lowest BCUT2D eigenvalue weighted by Crippen LogP contribution is -2.11. The molecule has 3 nitrogen and oxygen atoms in total. The number of anilines is 1. The summed E-state index contributed by atoms with van der Waals surface area (Å²) in [6.45, 7) is 8.39. The summed E-state index contributed by atoms with van der Waals surface area (Å²) in [4.78, 5) is 18.0. The average molecular weight is 397 g/mol. The van der Waals surface area contributed by atoms with E-state index in [1.807, 2.05) is 5.38 Å². The minimum Gasteiger partial charge on any atom is -0.302 e. The molecule has 1 N–H and O–H groups in total. The van der Waals surface area contributed by atoms with Crippen molar-refractivity contribution >= 4 is 34.1 Å². The number of aromatic nitrogens is 1. The molecule has 0 aliphatic carbocycles. The summed E-state index contributed by atoms with van der Waals surface area (Å²) in [7, 11) is 0. The van der Waals surface area contributed by atoms with Gasteiger partial charge < -0.3 is 5.32 Å². The van der Waals surface area contributed by atoms with Crippen molar-refractivity contribution in [2.24, 2.45) is 0 Å².